The van der Waals surface area contributed by atoms with E-state index >= 15 is 0 Å². The van der Waals surface area contributed by atoms with Crippen LogP contribution in [0.15, 0.2) is 60.0 Å². The van der Waals surface area contributed by atoms with Gasteiger partial charge in [-0.3, -0.25) is 9.59 Å². The van der Waals surface area contributed by atoms with Crippen LogP contribution in [0, 0.1) is 0 Å². The molecule has 2 aliphatic rings. The van der Waals surface area contributed by atoms with E-state index in [9.17, 15) is 9.59 Å². The minimum atomic E-state index is -0.532. The number of hydrogen-bond donors (Lipinski definition) is 1. The van der Waals surface area contributed by atoms with Crippen LogP contribution in [0.2, 0.25) is 5.02 Å². The number of thiophene rings is 1. The molecule has 1 aromatic heterocycles. The highest BCUT2D eigenvalue weighted by molar-refractivity contribution is 7.12. The molecule has 2 amide bonds. The van der Waals surface area contributed by atoms with Gasteiger partial charge in [-0.25, -0.2) is 0 Å². The Hall–Kier alpha value is -2.63. The van der Waals surface area contributed by atoms with Gasteiger partial charge in [0.15, 0.2) is 0 Å². The molecule has 2 aromatic carbocycles. The average Bonchev–Trinajstić information content (AvgIpc) is 3.54. The van der Waals surface area contributed by atoms with Crippen LogP contribution in [0.1, 0.15) is 46.5 Å². The zero-order valence-corrected chi connectivity index (χ0v) is 18.6. The maximum absolute atomic E-state index is 13.5. The number of benzene rings is 2. The topological polar surface area (TPSA) is 49.4 Å². The van der Waals surface area contributed by atoms with E-state index in [1.54, 1.807) is 0 Å². The Morgan fingerprint density at radius 1 is 1.03 bits per heavy atom. The van der Waals surface area contributed by atoms with Gasteiger partial charge >= 0.3 is 0 Å². The second kappa shape index (κ2) is 8.13. The molecule has 1 aliphatic carbocycles. The number of nitrogens with zero attached hydrogens (tertiary/aromatic N) is 1. The molecule has 0 radical (unpaired) electrons. The van der Waals surface area contributed by atoms with Crippen LogP contribution in [-0.4, -0.2) is 18.4 Å². The zero-order valence-electron chi connectivity index (χ0n) is 17.1. The number of amides is 2. The third-order valence-corrected chi connectivity index (χ3v) is 7.61. The summed E-state index contributed by atoms with van der Waals surface area (Å²) in [5.41, 5.74) is 3.24. The number of nitrogens with one attached hydrogen (secondary N) is 1. The summed E-state index contributed by atoms with van der Waals surface area (Å²) in [6, 6.07) is 17.3. The summed E-state index contributed by atoms with van der Waals surface area (Å²) in [5, 5.41) is 5.74. The van der Waals surface area contributed by atoms with E-state index in [4.69, 9.17) is 11.6 Å². The van der Waals surface area contributed by atoms with Crippen LogP contribution >= 0.6 is 22.9 Å². The van der Waals surface area contributed by atoms with Gasteiger partial charge in [0.05, 0.1) is 10.3 Å². The molecule has 6 heteroatoms. The number of carbonyl (C=O) groups excluding carboxylic acids is 2. The van der Waals surface area contributed by atoms with Crippen molar-refractivity contribution in [3.8, 4) is 0 Å². The predicted molar refractivity (Wildman–Crippen MR) is 126 cm³/mol. The van der Waals surface area contributed by atoms with Crippen molar-refractivity contribution in [3.05, 3.63) is 81.0 Å². The molecule has 5 rings (SSSR count). The Labute approximate surface area is 190 Å². The summed E-state index contributed by atoms with van der Waals surface area (Å²) < 4.78 is 0. The minimum absolute atomic E-state index is 0.0152. The first-order valence-electron chi connectivity index (χ1n) is 10.6. The van der Waals surface area contributed by atoms with Gasteiger partial charge in [-0.1, -0.05) is 48.7 Å². The molecule has 0 saturated heterocycles. The van der Waals surface area contributed by atoms with E-state index in [2.05, 4.69) is 5.32 Å². The van der Waals surface area contributed by atoms with Crippen molar-refractivity contribution in [3.63, 3.8) is 0 Å². The van der Waals surface area contributed by atoms with Crippen LogP contribution in [0.25, 0.3) is 0 Å². The van der Waals surface area contributed by atoms with E-state index < -0.39 is 5.41 Å². The normalized spacial score (nSPS) is 16.9. The smallest absolute Gasteiger partial charge is 0.268 e. The molecule has 0 unspecified atom stereocenters. The highest BCUT2D eigenvalue weighted by atomic mass is 35.5. The lowest BCUT2D eigenvalue weighted by Gasteiger charge is -2.28. The van der Waals surface area contributed by atoms with Crippen molar-refractivity contribution < 1.29 is 9.59 Å². The molecular weight excluding hydrogens is 428 g/mol. The lowest BCUT2D eigenvalue weighted by molar-refractivity contribution is -0.121. The van der Waals surface area contributed by atoms with Crippen LogP contribution in [0.4, 0.5) is 11.4 Å². The van der Waals surface area contributed by atoms with Crippen LogP contribution in [0.5, 0.6) is 0 Å². The van der Waals surface area contributed by atoms with Gasteiger partial charge in [0.25, 0.3) is 5.91 Å². The predicted octanol–water partition coefficient (Wildman–Crippen LogP) is 6.05. The summed E-state index contributed by atoms with van der Waals surface area (Å²) in [6.07, 6.45) is 4.55. The highest BCUT2D eigenvalue weighted by Crippen LogP contribution is 2.43. The van der Waals surface area contributed by atoms with E-state index in [1.165, 1.54) is 11.3 Å². The Morgan fingerprint density at radius 3 is 2.52 bits per heavy atom. The lowest BCUT2D eigenvalue weighted by atomic mass is 9.78. The van der Waals surface area contributed by atoms with Crippen molar-refractivity contribution in [2.45, 2.75) is 37.5 Å². The van der Waals surface area contributed by atoms with Crippen LogP contribution < -0.4 is 10.2 Å². The SMILES string of the molecule is O=C(c1cccs1)N1CCc2ccc(NC(=O)C3(c4ccc(Cl)cc4)CCCC3)cc21. The fourth-order valence-corrected chi connectivity index (χ4v) is 5.64. The number of halogens is 1. The fourth-order valence-electron chi connectivity index (χ4n) is 4.85. The van der Waals surface area contributed by atoms with Crippen LogP contribution in [0.3, 0.4) is 0 Å². The Bertz CT molecular complexity index is 1120. The maximum atomic E-state index is 13.5. The fraction of sp³-hybridized carbons (Fsp3) is 0.280. The van der Waals surface area contributed by atoms with Crippen molar-refractivity contribution in [1.29, 1.82) is 0 Å². The number of rotatable bonds is 4. The summed E-state index contributed by atoms with van der Waals surface area (Å²) in [5.74, 6) is 0.0343. The number of anilines is 2. The van der Waals surface area contributed by atoms with Crippen molar-refractivity contribution in [2.24, 2.45) is 0 Å². The van der Waals surface area contributed by atoms with Gasteiger partial charge in [0.2, 0.25) is 5.91 Å². The van der Waals surface area contributed by atoms with Gasteiger partial charge in [-0.2, -0.15) is 0 Å². The van der Waals surface area contributed by atoms with E-state index in [0.717, 1.165) is 59.5 Å². The molecule has 1 aliphatic heterocycles. The first-order chi connectivity index (χ1) is 15.1. The minimum Gasteiger partial charge on any atom is -0.325 e. The Morgan fingerprint density at radius 2 is 1.81 bits per heavy atom. The summed E-state index contributed by atoms with van der Waals surface area (Å²) in [6.45, 7) is 0.665. The molecule has 2 heterocycles. The molecule has 1 saturated carbocycles. The number of fused-ring (bicyclic) bond motifs is 1. The van der Waals surface area contributed by atoms with Gasteiger partial charge in [0, 0.05) is 22.9 Å². The summed E-state index contributed by atoms with van der Waals surface area (Å²) in [7, 11) is 0. The first-order valence-corrected chi connectivity index (χ1v) is 11.9. The molecule has 0 atom stereocenters. The van der Waals surface area contributed by atoms with Gasteiger partial charge < -0.3 is 10.2 Å². The summed E-state index contributed by atoms with van der Waals surface area (Å²) in [4.78, 5) is 29.0. The summed E-state index contributed by atoms with van der Waals surface area (Å²) >= 11 is 7.52. The average molecular weight is 451 g/mol. The Balaban J connectivity index is 1.41. The van der Waals surface area contributed by atoms with E-state index in [-0.39, 0.29) is 11.8 Å². The van der Waals surface area contributed by atoms with Gasteiger partial charge in [0.1, 0.15) is 0 Å². The van der Waals surface area contributed by atoms with Crippen LogP contribution in [-0.2, 0) is 16.6 Å². The molecule has 0 spiro atoms. The standard InChI is InChI=1S/C25H23ClN2O2S/c26-19-8-6-18(7-9-19)25(12-1-2-13-25)24(30)27-20-10-5-17-11-14-28(21(17)16-20)23(29)22-4-3-15-31-22/h3-10,15-16H,1-2,11-14H2,(H,27,30). The largest absolute Gasteiger partial charge is 0.325 e. The second-order valence-electron chi connectivity index (χ2n) is 8.28. The Kier molecular flexibility index (Phi) is 5.32. The maximum Gasteiger partial charge on any atom is 0.268 e. The molecule has 158 valence electrons. The van der Waals surface area contributed by atoms with Crippen molar-refractivity contribution in [1.82, 2.24) is 0 Å². The van der Waals surface area contributed by atoms with E-state index in [1.807, 2.05) is 64.9 Å². The molecule has 1 fully saturated rings. The molecule has 3 aromatic rings. The van der Waals surface area contributed by atoms with Gasteiger partial charge in [-0.05, 0) is 66.1 Å². The monoisotopic (exact) mass is 450 g/mol. The highest BCUT2D eigenvalue weighted by Gasteiger charge is 2.42. The second-order valence-corrected chi connectivity index (χ2v) is 9.66. The molecule has 4 nitrogen and oxygen atoms in total. The lowest BCUT2D eigenvalue weighted by Crippen LogP contribution is -2.38. The zero-order chi connectivity index (χ0) is 21.4. The third kappa shape index (κ3) is 3.66. The van der Waals surface area contributed by atoms with Gasteiger partial charge in [-0.15, -0.1) is 11.3 Å². The van der Waals surface area contributed by atoms with E-state index in [0.29, 0.717) is 11.6 Å². The molecular formula is C25H23ClN2O2S. The molecule has 1 N–H and O–H groups in total. The number of carbonyl (C=O) groups is 2. The molecule has 31 heavy (non-hydrogen) atoms. The third-order valence-electron chi connectivity index (χ3n) is 6.50. The van der Waals surface area contributed by atoms with Crippen molar-refractivity contribution in [2.75, 3.05) is 16.8 Å². The first kappa shape index (κ1) is 20.3. The van der Waals surface area contributed by atoms with Crippen molar-refractivity contribution >= 4 is 46.1 Å². The molecule has 0 bridgehead atoms. The quantitative estimate of drug-likeness (QED) is 0.525. The number of hydrogen-bond acceptors (Lipinski definition) is 3.